The summed E-state index contributed by atoms with van der Waals surface area (Å²) in [7, 11) is 0. The molecule has 0 amide bonds. The van der Waals surface area contributed by atoms with Crippen molar-refractivity contribution in [2.24, 2.45) is 11.8 Å². The molecule has 1 heterocycles. The standard InChI is InChI=1S/C17H28O5/c1-4-6-9-21-16(18)15(17(19)22-10-7-5-2)14-12-20-11-8-13(14)3/h8,14-15H,4-7,9-12H2,1-3H3. The van der Waals surface area contributed by atoms with E-state index in [0.717, 1.165) is 31.3 Å². The summed E-state index contributed by atoms with van der Waals surface area (Å²) in [5.41, 5.74) is 0.983. The molecular weight excluding hydrogens is 284 g/mol. The molecule has 1 atom stereocenters. The van der Waals surface area contributed by atoms with Crippen LogP contribution in [0.15, 0.2) is 11.6 Å². The van der Waals surface area contributed by atoms with Crippen LogP contribution in [0.5, 0.6) is 0 Å². The van der Waals surface area contributed by atoms with Crippen molar-refractivity contribution in [2.45, 2.75) is 46.5 Å². The number of carbonyl (C=O) groups excluding carboxylic acids is 2. The van der Waals surface area contributed by atoms with E-state index in [1.165, 1.54) is 0 Å². The van der Waals surface area contributed by atoms with Gasteiger partial charge in [-0.15, -0.1) is 0 Å². The summed E-state index contributed by atoms with van der Waals surface area (Å²) in [6.07, 6.45) is 5.35. The molecule has 0 spiro atoms. The third kappa shape index (κ3) is 5.79. The van der Waals surface area contributed by atoms with Gasteiger partial charge in [-0.25, -0.2) is 0 Å². The van der Waals surface area contributed by atoms with Gasteiger partial charge in [0.15, 0.2) is 5.92 Å². The summed E-state index contributed by atoms with van der Waals surface area (Å²) >= 11 is 0. The van der Waals surface area contributed by atoms with E-state index in [0.29, 0.717) is 26.4 Å². The van der Waals surface area contributed by atoms with Gasteiger partial charge in [-0.1, -0.05) is 38.3 Å². The Balaban J connectivity index is 2.75. The molecule has 126 valence electrons. The number of hydrogen-bond donors (Lipinski definition) is 0. The van der Waals surface area contributed by atoms with Crippen molar-refractivity contribution in [3.05, 3.63) is 11.6 Å². The highest BCUT2D eigenvalue weighted by molar-refractivity contribution is 5.95. The van der Waals surface area contributed by atoms with Gasteiger partial charge in [0, 0.05) is 5.92 Å². The Morgan fingerprint density at radius 3 is 2.18 bits per heavy atom. The molecule has 0 aromatic heterocycles. The molecule has 1 rings (SSSR count). The number of unbranched alkanes of at least 4 members (excludes halogenated alkanes) is 2. The Morgan fingerprint density at radius 2 is 1.73 bits per heavy atom. The van der Waals surface area contributed by atoms with Gasteiger partial charge in [0.05, 0.1) is 26.4 Å². The fraction of sp³-hybridized carbons (Fsp3) is 0.765. The third-order valence-corrected chi connectivity index (χ3v) is 3.80. The normalized spacial score (nSPS) is 18.0. The number of carbonyl (C=O) groups is 2. The Kier molecular flexibility index (Phi) is 8.82. The van der Waals surface area contributed by atoms with E-state index in [4.69, 9.17) is 14.2 Å². The lowest BCUT2D eigenvalue weighted by Crippen LogP contribution is -2.38. The van der Waals surface area contributed by atoms with E-state index >= 15 is 0 Å². The molecule has 0 saturated heterocycles. The molecule has 1 unspecified atom stereocenters. The third-order valence-electron chi connectivity index (χ3n) is 3.80. The average molecular weight is 312 g/mol. The predicted octanol–water partition coefficient (Wildman–Crippen LogP) is 2.88. The lowest BCUT2D eigenvalue weighted by atomic mass is 9.85. The summed E-state index contributed by atoms with van der Waals surface area (Å²) in [5, 5.41) is 0. The van der Waals surface area contributed by atoms with Crippen molar-refractivity contribution in [3.8, 4) is 0 Å². The highest BCUT2D eigenvalue weighted by Crippen LogP contribution is 2.27. The van der Waals surface area contributed by atoms with E-state index in [-0.39, 0.29) is 5.92 Å². The topological polar surface area (TPSA) is 61.8 Å². The molecule has 0 aliphatic carbocycles. The number of ether oxygens (including phenoxy) is 3. The van der Waals surface area contributed by atoms with E-state index in [1.807, 2.05) is 26.8 Å². The molecule has 0 aromatic carbocycles. The smallest absolute Gasteiger partial charge is 0.321 e. The first-order valence-corrected chi connectivity index (χ1v) is 8.19. The highest BCUT2D eigenvalue weighted by Gasteiger charge is 2.39. The maximum atomic E-state index is 12.3. The second-order valence-electron chi connectivity index (χ2n) is 5.61. The van der Waals surface area contributed by atoms with E-state index in [1.54, 1.807) is 0 Å². The molecule has 0 aromatic rings. The van der Waals surface area contributed by atoms with Gasteiger partial charge in [-0.3, -0.25) is 9.59 Å². The van der Waals surface area contributed by atoms with Gasteiger partial charge in [-0.2, -0.15) is 0 Å². The molecule has 5 heteroatoms. The fourth-order valence-corrected chi connectivity index (χ4v) is 2.27. The maximum absolute atomic E-state index is 12.3. The zero-order chi connectivity index (χ0) is 16.4. The predicted molar refractivity (Wildman–Crippen MR) is 83.3 cm³/mol. The summed E-state index contributed by atoms with van der Waals surface area (Å²) in [6, 6.07) is 0. The van der Waals surface area contributed by atoms with Crippen LogP contribution in [0.2, 0.25) is 0 Å². The molecule has 22 heavy (non-hydrogen) atoms. The van der Waals surface area contributed by atoms with Crippen LogP contribution in [0.1, 0.15) is 46.5 Å². The second kappa shape index (κ2) is 10.4. The largest absolute Gasteiger partial charge is 0.465 e. The minimum absolute atomic E-state index is 0.294. The van der Waals surface area contributed by atoms with Crippen molar-refractivity contribution in [2.75, 3.05) is 26.4 Å². The SMILES string of the molecule is CCCCOC(=O)C(C(=O)OCCCC)C1COCC=C1C. The van der Waals surface area contributed by atoms with E-state index < -0.39 is 17.9 Å². The van der Waals surface area contributed by atoms with Gasteiger partial charge in [0.1, 0.15) is 0 Å². The molecule has 0 radical (unpaired) electrons. The first kappa shape index (κ1) is 18.7. The van der Waals surface area contributed by atoms with Crippen molar-refractivity contribution in [1.29, 1.82) is 0 Å². The summed E-state index contributed by atoms with van der Waals surface area (Å²) in [4.78, 5) is 24.7. The van der Waals surface area contributed by atoms with E-state index in [2.05, 4.69) is 0 Å². The summed E-state index contributed by atoms with van der Waals surface area (Å²) in [5.74, 6) is -2.22. The van der Waals surface area contributed by atoms with Crippen molar-refractivity contribution >= 4 is 11.9 Å². The van der Waals surface area contributed by atoms with Crippen molar-refractivity contribution in [1.82, 2.24) is 0 Å². The van der Waals surface area contributed by atoms with Crippen LogP contribution in [-0.4, -0.2) is 38.4 Å². The van der Waals surface area contributed by atoms with E-state index in [9.17, 15) is 9.59 Å². The monoisotopic (exact) mass is 312 g/mol. The molecular formula is C17H28O5. The molecule has 0 fully saturated rings. The van der Waals surface area contributed by atoms with Crippen LogP contribution in [-0.2, 0) is 23.8 Å². The van der Waals surface area contributed by atoms with Gasteiger partial charge in [0.25, 0.3) is 0 Å². The highest BCUT2D eigenvalue weighted by atomic mass is 16.6. The van der Waals surface area contributed by atoms with Gasteiger partial charge >= 0.3 is 11.9 Å². The van der Waals surface area contributed by atoms with Crippen molar-refractivity contribution < 1.29 is 23.8 Å². The average Bonchev–Trinajstić information content (AvgIpc) is 2.50. The molecule has 5 nitrogen and oxygen atoms in total. The van der Waals surface area contributed by atoms with Crippen LogP contribution in [0.4, 0.5) is 0 Å². The zero-order valence-corrected chi connectivity index (χ0v) is 13.9. The van der Waals surface area contributed by atoms with Gasteiger partial charge in [-0.05, 0) is 19.8 Å². The lowest BCUT2D eigenvalue weighted by Gasteiger charge is -2.27. The lowest BCUT2D eigenvalue weighted by molar-refractivity contribution is -0.165. The fourth-order valence-electron chi connectivity index (χ4n) is 2.27. The summed E-state index contributed by atoms with van der Waals surface area (Å²) < 4.78 is 15.9. The second-order valence-corrected chi connectivity index (χ2v) is 5.61. The molecule has 1 aliphatic heterocycles. The first-order valence-electron chi connectivity index (χ1n) is 8.19. The number of esters is 2. The van der Waals surface area contributed by atoms with Crippen LogP contribution < -0.4 is 0 Å². The van der Waals surface area contributed by atoms with Gasteiger partial charge < -0.3 is 14.2 Å². The molecule has 0 bridgehead atoms. The molecule has 1 aliphatic rings. The molecule has 0 N–H and O–H groups in total. The quantitative estimate of drug-likeness (QED) is 0.283. The first-order chi connectivity index (χ1) is 10.6. The van der Waals surface area contributed by atoms with Crippen LogP contribution >= 0.6 is 0 Å². The van der Waals surface area contributed by atoms with Crippen LogP contribution in [0, 0.1) is 11.8 Å². The van der Waals surface area contributed by atoms with Crippen LogP contribution in [0.25, 0.3) is 0 Å². The van der Waals surface area contributed by atoms with Gasteiger partial charge in [0.2, 0.25) is 0 Å². The zero-order valence-electron chi connectivity index (χ0n) is 13.9. The van der Waals surface area contributed by atoms with Crippen LogP contribution in [0.3, 0.4) is 0 Å². The number of rotatable bonds is 9. The Hall–Kier alpha value is -1.36. The minimum atomic E-state index is -0.926. The Labute approximate surface area is 133 Å². The maximum Gasteiger partial charge on any atom is 0.321 e. The Morgan fingerprint density at radius 1 is 1.18 bits per heavy atom. The minimum Gasteiger partial charge on any atom is -0.465 e. The summed E-state index contributed by atoms with van der Waals surface area (Å²) in [6.45, 7) is 7.50. The van der Waals surface area contributed by atoms with Crippen molar-refractivity contribution in [3.63, 3.8) is 0 Å². The Bertz CT molecular complexity index is 367. The number of hydrogen-bond acceptors (Lipinski definition) is 5. The molecule has 0 saturated carbocycles.